The van der Waals surface area contributed by atoms with Crippen LogP contribution in [0.15, 0.2) is 0 Å². The second-order valence-electron chi connectivity index (χ2n) is 4.54. The van der Waals surface area contributed by atoms with E-state index in [0.717, 1.165) is 45.4 Å². The minimum absolute atomic E-state index is 0. The summed E-state index contributed by atoms with van der Waals surface area (Å²) in [7, 11) is 0. The molecule has 2 aliphatic heterocycles. The van der Waals surface area contributed by atoms with Gasteiger partial charge in [-0.15, -0.1) is 12.4 Å². The number of likely N-dealkylation sites (tertiary alicyclic amines) is 1. The molecule has 94 valence electrons. The summed E-state index contributed by atoms with van der Waals surface area (Å²) in [4.78, 5) is 13.8. The van der Waals surface area contributed by atoms with Crippen LogP contribution in [0.5, 0.6) is 0 Å². The van der Waals surface area contributed by atoms with Crippen molar-refractivity contribution in [1.29, 1.82) is 0 Å². The lowest BCUT2D eigenvalue weighted by molar-refractivity contribution is 0.180. The van der Waals surface area contributed by atoms with Gasteiger partial charge in [-0.3, -0.25) is 0 Å². The van der Waals surface area contributed by atoms with Crippen LogP contribution in [0.4, 0.5) is 4.79 Å². The molecule has 1 atom stereocenters. The summed E-state index contributed by atoms with van der Waals surface area (Å²) in [5.74, 6) is 0. The van der Waals surface area contributed by atoms with E-state index in [9.17, 15) is 4.79 Å². The first-order valence-corrected chi connectivity index (χ1v) is 6.12. The topological polar surface area (TPSA) is 44.4 Å². The summed E-state index contributed by atoms with van der Waals surface area (Å²) in [5, 5.41) is 6.42. The number of hydrogen-bond acceptors (Lipinski definition) is 2. The van der Waals surface area contributed by atoms with E-state index in [4.69, 9.17) is 0 Å². The number of halogens is 1. The second kappa shape index (κ2) is 6.97. The van der Waals surface area contributed by atoms with Crippen molar-refractivity contribution in [3.05, 3.63) is 0 Å². The van der Waals surface area contributed by atoms with Crippen molar-refractivity contribution in [3.63, 3.8) is 0 Å². The molecule has 2 N–H and O–H groups in total. The van der Waals surface area contributed by atoms with E-state index in [-0.39, 0.29) is 18.4 Å². The van der Waals surface area contributed by atoms with E-state index < -0.39 is 0 Å². The van der Waals surface area contributed by atoms with E-state index in [1.165, 1.54) is 12.8 Å². The lowest BCUT2D eigenvalue weighted by atomic mass is 10.1. The Morgan fingerprint density at radius 2 is 1.94 bits per heavy atom. The van der Waals surface area contributed by atoms with Crippen molar-refractivity contribution in [2.24, 2.45) is 0 Å². The molecule has 0 aliphatic carbocycles. The third kappa shape index (κ3) is 3.83. The lowest BCUT2D eigenvalue weighted by Gasteiger charge is -2.30. The van der Waals surface area contributed by atoms with Crippen LogP contribution in [0, 0.1) is 0 Å². The molecule has 5 heteroatoms. The number of nitrogens with zero attached hydrogens (tertiary/aromatic N) is 1. The maximum Gasteiger partial charge on any atom is 0.317 e. The van der Waals surface area contributed by atoms with Crippen LogP contribution in [0.3, 0.4) is 0 Å². The first kappa shape index (κ1) is 13.6. The Labute approximate surface area is 104 Å². The predicted octanol–water partition coefficient (Wildman–Crippen LogP) is 1.36. The van der Waals surface area contributed by atoms with Gasteiger partial charge < -0.3 is 15.5 Å². The number of carbonyl (C=O) groups excluding carboxylic acids is 1. The second-order valence-corrected chi connectivity index (χ2v) is 4.54. The smallest absolute Gasteiger partial charge is 0.317 e. The zero-order chi connectivity index (χ0) is 10.5. The Morgan fingerprint density at radius 1 is 1.19 bits per heavy atom. The molecule has 4 nitrogen and oxygen atoms in total. The van der Waals surface area contributed by atoms with Crippen LogP contribution < -0.4 is 10.6 Å². The van der Waals surface area contributed by atoms with Crippen molar-refractivity contribution in [2.75, 3.05) is 26.2 Å². The molecular weight excluding hydrogens is 226 g/mol. The van der Waals surface area contributed by atoms with E-state index in [2.05, 4.69) is 10.6 Å². The van der Waals surface area contributed by atoms with Gasteiger partial charge >= 0.3 is 6.03 Å². The zero-order valence-electron chi connectivity index (χ0n) is 9.71. The largest absolute Gasteiger partial charge is 0.334 e. The summed E-state index contributed by atoms with van der Waals surface area (Å²) < 4.78 is 0. The van der Waals surface area contributed by atoms with Crippen molar-refractivity contribution >= 4 is 18.4 Å². The third-order valence-corrected chi connectivity index (χ3v) is 3.27. The molecule has 2 heterocycles. The van der Waals surface area contributed by atoms with Gasteiger partial charge in [-0.1, -0.05) is 0 Å². The number of piperidine rings is 2. The zero-order valence-corrected chi connectivity index (χ0v) is 10.5. The van der Waals surface area contributed by atoms with Gasteiger partial charge in [-0.25, -0.2) is 4.79 Å². The van der Waals surface area contributed by atoms with Crippen LogP contribution in [0.25, 0.3) is 0 Å². The highest BCUT2D eigenvalue weighted by molar-refractivity contribution is 5.85. The summed E-state index contributed by atoms with van der Waals surface area (Å²) in [5.41, 5.74) is 0. The van der Waals surface area contributed by atoms with Crippen LogP contribution in [0.1, 0.15) is 32.1 Å². The van der Waals surface area contributed by atoms with Crippen LogP contribution in [0.2, 0.25) is 0 Å². The van der Waals surface area contributed by atoms with Gasteiger partial charge in [-0.05, 0) is 38.6 Å². The van der Waals surface area contributed by atoms with E-state index in [1.807, 2.05) is 4.90 Å². The Bertz CT molecular complexity index is 213. The van der Waals surface area contributed by atoms with Crippen molar-refractivity contribution in [3.8, 4) is 0 Å². The Kier molecular flexibility index (Phi) is 5.91. The molecule has 0 aromatic rings. The molecule has 0 bridgehead atoms. The van der Waals surface area contributed by atoms with Crippen LogP contribution in [-0.2, 0) is 0 Å². The molecule has 2 fully saturated rings. The first-order valence-electron chi connectivity index (χ1n) is 6.12. The minimum atomic E-state index is 0. The molecule has 2 amide bonds. The van der Waals surface area contributed by atoms with E-state index >= 15 is 0 Å². The van der Waals surface area contributed by atoms with Gasteiger partial charge in [0.25, 0.3) is 0 Å². The van der Waals surface area contributed by atoms with Gasteiger partial charge in [-0.2, -0.15) is 0 Å². The molecule has 0 saturated carbocycles. The number of hydrogen-bond donors (Lipinski definition) is 2. The van der Waals surface area contributed by atoms with Gasteiger partial charge in [0.05, 0.1) is 0 Å². The van der Waals surface area contributed by atoms with Gasteiger partial charge in [0.1, 0.15) is 0 Å². The number of amides is 2. The molecular formula is C11H22ClN3O. The molecule has 0 spiro atoms. The fourth-order valence-corrected chi connectivity index (χ4v) is 2.34. The molecule has 0 radical (unpaired) electrons. The minimum Gasteiger partial charge on any atom is -0.334 e. The highest BCUT2D eigenvalue weighted by Gasteiger charge is 2.20. The van der Waals surface area contributed by atoms with Gasteiger partial charge in [0, 0.05) is 25.7 Å². The predicted molar refractivity (Wildman–Crippen MR) is 67.1 cm³/mol. The monoisotopic (exact) mass is 247 g/mol. The number of carbonyl (C=O) groups is 1. The maximum absolute atomic E-state index is 11.9. The highest BCUT2D eigenvalue weighted by Crippen LogP contribution is 2.09. The van der Waals surface area contributed by atoms with Crippen molar-refractivity contribution in [2.45, 2.75) is 38.1 Å². The Hall–Kier alpha value is -0.480. The summed E-state index contributed by atoms with van der Waals surface area (Å²) in [6.45, 7) is 3.90. The first-order chi connectivity index (χ1) is 7.36. The van der Waals surface area contributed by atoms with E-state index in [0.29, 0.717) is 6.04 Å². The average molecular weight is 248 g/mol. The third-order valence-electron chi connectivity index (χ3n) is 3.27. The summed E-state index contributed by atoms with van der Waals surface area (Å²) in [6.07, 6.45) is 5.89. The number of rotatable bonds is 1. The van der Waals surface area contributed by atoms with Crippen molar-refractivity contribution in [1.82, 2.24) is 15.5 Å². The molecule has 16 heavy (non-hydrogen) atoms. The molecule has 2 aliphatic rings. The maximum atomic E-state index is 11.9. The quantitative estimate of drug-likeness (QED) is 0.735. The molecule has 2 saturated heterocycles. The standard InChI is InChI=1S/C11H21N3O.ClH/c15-11(14-7-2-1-3-8-14)13-10-5-4-6-12-9-10;/h10,12H,1-9H2,(H,13,15);1H. The molecule has 0 aromatic carbocycles. The summed E-state index contributed by atoms with van der Waals surface area (Å²) in [6, 6.07) is 0.483. The van der Waals surface area contributed by atoms with Crippen molar-refractivity contribution < 1.29 is 4.79 Å². The SMILES string of the molecule is Cl.O=C(NC1CCCNC1)N1CCCCC1. The highest BCUT2D eigenvalue weighted by atomic mass is 35.5. The average Bonchev–Trinajstić information content (AvgIpc) is 2.31. The Balaban J connectivity index is 0.00000128. The van der Waals surface area contributed by atoms with Gasteiger partial charge in [0.2, 0.25) is 0 Å². The fourth-order valence-electron chi connectivity index (χ4n) is 2.34. The molecule has 0 aromatic heterocycles. The van der Waals surface area contributed by atoms with Crippen LogP contribution >= 0.6 is 12.4 Å². The van der Waals surface area contributed by atoms with Crippen LogP contribution in [-0.4, -0.2) is 43.2 Å². The summed E-state index contributed by atoms with van der Waals surface area (Å²) >= 11 is 0. The number of nitrogens with one attached hydrogen (secondary N) is 2. The van der Waals surface area contributed by atoms with Gasteiger partial charge in [0.15, 0.2) is 0 Å². The normalized spacial score (nSPS) is 25.8. The molecule has 1 unspecified atom stereocenters. The number of urea groups is 1. The Morgan fingerprint density at radius 3 is 2.56 bits per heavy atom. The van der Waals surface area contributed by atoms with E-state index in [1.54, 1.807) is 0 Å². The lowest BCUT2D eigenvalue weighted by Crippen LogP contribution is -2.51. The molecule has 2 rings (SSSR count). The fraction of sp³-hybridized carbons (Fsp3) is 0.909.